The highest BCUT2D eigenvalue weighted by Crippen LogP contribution is 2.30. The van der Waals surface area contributed by atoms with Crippen LogP contribution in [0.3, 0.4) is 0 Å². The summed E-state index contributed by atoms with van der Waals surface area (Å²) in [7, 11) is 0. The average Bonchev–Trinajstić information content (AvgIpc) is 2.92. The molecule has 1 amide bonds. The second-order valence-electron chi connectivity index (χ2n) is 4.59. The maximum absolute atomic E-state index is 11.9. The van der Waals surface area contributed by atoms with Crippen molar-refractivity contribution in [3.8, 4) is 0 Å². The molecule has 0 bridgehead atoms. The van der Waals surface area contributed by atoms with E-state index in [2.05, 4.69) is 26.2 Å². The van der Waals surface area contributed by atoms with Crippen molar-refractivity contribution < 1.29 is 4.79 Å². The van der Waals surface area contributed by atoms with Crippen molar-refractivity contribution >= 4 is 38.3 Å². The molecule has 3 nitrogen and oxygen atoms in total. The summed E-state index contributed by atoms with van der Waals surface area (Å²) in [6.45, 7) is 0. The first-order valence-corrected chi connectivity index (χ1v) is 7.84. The van der Waals surface area contributed by atoms with E-state index in [1.807, 2.05) is 24.3 Å². The summed E-state index contributed by atoms with van der Waals surface area (Å²) in [6, 6.07) is 7.79. The van der Waals surface area contributed by atoms with Gasteiger partial charge in [-0.05, 0) is 37.0 Å². The molecule has 1 aliphatic carbocycles. The number of carbonyl (C=O) groups is 1. The maximum Gasteiger partial charge on any atom is 0.230 e. The zero-order valence-corrected chi connectivity index (χ0v) is 12.7. The van der Waals surface area contributed by atoms with Crippen LogP contribution in [-0.2, 0) is 24.1 Å². The van der Waals surface area contributed by atoms with Crippen molar-refractivity contribution in [1.82, 2.24) is 4.98 Å². The van der Waals surface area contributed by atoms with Gasteiger partial charge < -0.3 is 5.32 Å². The number of hydrogen-bond donors (Lipinski definition) is 1. The van der Waals surface area contributed by atoms with E-state index < -0.39 is 0 Å². The quantitative estimate of drug-likeness (QED) is 0.930. The number of amides is 1. The Labute approximate surface area is 124 Å². The van der Waals surface area contributed by atoms with Crippen LogP contribution in [0.2, 0.25) is 0 Å². The number of hydrogen-bond acceptors (Lipinski definition) is 3. The zero-order chi connectivity index (χ0) is 13.2. The molecule has 0 saturated heterocycles. The number of anilines is 1. The van der Waals surface area contributed by atoms with Crippen molar-refractivity contribution in [3.05, 3.63) is 44.9 Å². The van der Waals surface area contributed by atoms with Crippen molar-refractivity contribution in [2.45, 2.75) is 25.7 Å². The zero-order valence-electron chi connectivity index (χ0n) is 10.3. The lowest BCUT2D eigenvalue weighted by atomic mass is 10.1. The third kappa shape index (κ3) is 3.04. The summed E-state index contributed by atoms with van der Waals surface area (Å²) >= 11 is 4.99. The Morgan fingerprint density at radius 1 is 1.32 bits per heavy atom. The van der Waals surface area contributed by atoms with Gasteiger partial charge in [0.25, 0.3) is 0 Å². The molecule has 1 aliphatic rings. The van der Waals surface area contributed by atoms with Gasteiger partial charge in [-0.3, -0.25) is 4.79 Å². The molecule has 1 heterocycles. The lowest BCUT2D eigenvalue weighted by molar-refractivity contribution is -0.115. The third-order valence-corrected chi connectivity index (χ3v) is 4.72. The summed E-state index contributed by atoms with van der Waals surface area (Å²) < 4.78 is 1.02. The van der Waals surface area contributed by atoms with Crippen LogP contribution in [0.15, 0.2) is 28.7 Å². The molecule has 1 aromatic heterocycles. The molecule has 1 aromatic carbocycles. The summed E-state index contributed by atoms with van der Waals surface area (Å²) in [5.74, 6) is -0.00486. The molecule has 0 fully saturated rings. The highest BCUT2D eigenvalue weighted by molar-refractivity contribution is 9.10. The minimum atomic E-state index is -0.00486. The fourth-order valence-electron chi connectivity index (χ4n) is 2.19. The third-order valence-electron chi connectivity index (χ3n) is 3.12. The van der Waals surface area contributed by atoms with E-state index in [0.717, 1.165) is 28.0 Å². The number of fused-ring (bicyclic) bond motifs is 1. The van der Waals surface area contributed by atoms with Crippen LogP contribution < -0.4 is 5.32 Å². The van der Waals surface area contributed by atoms with Crippen LogP contribution in [-0.4, -0.2) is 10.9 Å². The molecular weight excluding hydrogens is 324 g/mol. The van der Waals surface area contributed by atoms with Gasteiger partial charge in [0.05, 0.1) is 12.1 Å². The van der Waals surface area contributed by atoms with Gasteiger partial charge in [0.2, 0.25) is 5.91 Å². The molecule has 1 N–H and O–H groups in total. The Morgan fingerprint density at radius 3 is 2.84 bits per heavy atom. The highest BCUT2D eigenvalue weighted by atomic mass is 79.9. The molecule has 0 atom stereocenters. The summed E-state index contributed by atoms with van der Waals surface area (Å²) in [5.41, 5.74) is 2.17. The van der Waals surface area contributed by atoms with Gasteiger partial charge >= 0.3 is 0 Å². The molecule has 3 rings (SSSR count). The fourth-order valence-corrected chi connectivity index (χ4v) is 3.53. The van der Waals surface area contributed by atoms with Gasteiger partial charge in [0.15, 0.2) is 5.13 Å². The lowest BCUT2D eigenvalue weighted by Crippen LogP contribution is -2.14. The van der Waals surface area contributed by atoms with E-state index in [0.29, 0.717) is 6.42 Å². The second-order valence-corrected chi connectivity index (χ2v) is 6.59. The van der Waals surface area contributed by atoms with Crippen LogP contribution in [0, 0.1) is 0 Å². The molecule has 0 aliphatic heterocycles. The molecule has 0 radical (unpaired) electrons. The Balaban J connectivity index is 1.63. The Kier molecular flexibility index (Phi) is 3.66. The first kappa shape index (κ1) is 12.8. The van der Waals surface area contributed by atoms with Gasteiger partial charge in [-0.25, -0.2) is 4.98 Å². The lowest BCUT2D eigenvalue weighted by Gasteiger charge is -2.02. The van der Waals surface area contributed by atoms with Crippen LogP contribution in [0.5, 0.6) is 0 Å². The smallest absolute Gasteiger partial charge is 0.230 e. The summed E-state index contributed by atoms with van der Waals surface area (Å²) in [4.78, 5) is 17.7. The molecule has 19 heavy (non-hydrogen) atoms. The number of carbonyl (C=O) groups excluding carboxylic acids is 1. The number of benzene rings is 1. The summed E-state index contributed by atoms with van der Waals surface area (Å²) in [6.07, 6.45) is 3.74. The van der Waals surface area contributed by atoms with E-state index in [1.165, 1.54) is 17.0 Å². The first-order chi connectivity index (χ1) is 9.20. The van der Waals surface area contributed by atoms with Crippen molar-refractivity contribution in [1.29, 1.82) is 0 Å². The Morgan fingerprint density at radius 2 is 2.11 bits per heavy atom. The number of halogens is 1. The van der Waals surface area contributed by atoms with Crippen LogP contribution in [0.1, 0.15) is 22.6 Å². The van der Waals surface area contributed by atoms with Crippen molar-refractivity contribution in [2.75, 3.05) is 5.32 Å². The first-order valence-electron chi connectivity index (χ1n) is 6.23. The number of rotatable bonds is 3. The number of aryl methyl sites for hydroxylation is 2. The topological polar surface area (TPSA) is 42.0 Å². The minimum absolute atomic E-state index is 0.00486. The average molecular weight is 337 g/mol. The molecule has 98 valence electrons. The number of thiazole rings is 1. The monoisotopic (exact) mass is 336 g/mol. The van der Waals surface area contributed by atoms with Gasteiger partial charge in [-0.15, -0.1) is 11.3 Å². The van der Waals surface area contributed by atoms with Gasteiger partial charge in [0.1, 0.15) is 0 Å². The van der Waals surface area contributed by atoms with Crippen LogP contribution in [0.25, 0.3) is 0 Å². The fraction of sp³-hybridized carbons (Fsp3) is 0.286. The molecular formula is C14H13BrN2OS. The Bertz CT molecular complexity index is 585. The SMILES string of the molecule is O=C(Cc1ccc(Br)cc1)Nc1nc2c(s1)CCC2. The van der Waals surface area contributed by atoms with Crippen LogP contribution >= 0.6 is 27.3 Å². The van der Waals surface area contributed by atoms with E-state index in [1.54, 1.807) is 11.3 Å². The van der Waals surface area contributed by atoms with E-state index in [-0.39, 0.29) is 5.91 Å². The normalized spacial score (nSPS) is 13.3. The number of nitrogens with one attached hydrogen (secondary N) is 1. The predicted molar refractivity (Wildman–Crippen MR) is 80.6 cm³/mol. The second kappa shape index (κ2) is 5.43. The minimum Gasteiger partial charge on any atom is -0.302 e. The van der Waals surface area contributed by atoms with E-state index in [4.69, 9.17) is 0 Å². The number of nitrogens with zero attached hydrogens (tertiary/aromatic N) is 1. The van der Waals surface area contributed by atoms with Crippen LogP contribution in [0.4, 0.5) is 5.13 Å². The number of aromatic nitrogens is 1. The summed E-state index contributed by atoms with van der Waals surface area (Å²) in [5, 5.41) is 3.63. The van der Waals surface area contributed by atoms with Crippen molar-refractivity contribution in [3.63, 3.8) is 0 Å². The predicted octanol–water partition coefficient (Wildman–Crippen LogP) is 3.58. The van der Waals surface area contributed by atoms with E-state index in [9.17, 15) is 4.79 Å². The molecule has 0 saturated carbocycles. The molecule has 0 unspecified atom stereocenters. The standard InChI is InChI=1S/C14H13BrN2OS/c15-10-6-4-9(5-7-10)8-13(18)17-14-16-11-2-1-3-12(11)19-14/h4-7H,1-3,8H2,(H,16,17,18). The Hall–Kier alpha value is -1.20. The largest absolute Gasteiger partial charge is 0.302 e. The molecule has 0 spiro atoms. The van der Waals surface area contributed by atoms with Gasteiger partial charge in [-0.2, -0.15) is 0 Å². The maximum atomic E-state index is 11.9. The van der Waals surface area contributed by atoms with E-state index >= 15 is 0 Å². The molecule has 5 heteroatoms. The molecule has 2 aromatic rings. The van der Waals surface area contributed by atoms with Crippen molar-refractivity contribution in [2.24, 2.45) is 0 Å². The van der Waals surface area contributed by atoms with Gasteiger partial charge in [0, 0.05) is 9.35 Å². The highest BCUT2D eigenvalue weighted by Gasteiger charge is 2.17. The van der Waals surface area contributed by atoms with Gasteiger partial charge in [-0.1, -0.05) is 28.1 Å².